The Labute approximate surface area is 63.2 Å². The van der Waals surface area contributed by atoms with Crippen molar-refractivity contribution in [3.63, 3.8) is 0 Å². The summed E-state index contributed by atoms with van der Waals surface area (Å²) in [4.78, 5) is -0.406. The van der Waals surface area contributed by atoms with Gasteiger partial charge in [-0.25, -0.2) is 4.39 Å². The van der Waals surface area contributed by atoms with Gasteiger partial charge in [-0.05, 0) is 0 Å². The molecular weight excluding hydrogens is 173 g/mol. The molecule has 0 unspecified atom stereocenters. The SMILES string of the molecule is C=CF.ClCC(Cl)Cl. The molecule has 0 saturated carbocycles. The number of alkyl halides is 3. The monoisotopic (exact) mass is 178 g/mol. The van der Waals surface area contributed by atoms with Gasteiger partial charge in [0, 0.05) is 0 Å². The van der Waals surface area contributed by atoms with Crippen LogP contribution in [0.15, 0.2) is 12.9 Å². The van der Waals surface area contributed by atoms with Crippen LogP contribution in [-0.2, 0) is 0 Å². The summed E-state index contributed by atoms with van der Waals surface area (Å²) in [5, 5.41) is 0. The average molecular weight is 179 g/mol. The van der Waals surface area contributed by atoms with E-state index in [0.29, 0.717) is 5.88 Å². The molecule has 0 nitrogen and oxygen atoms in total. The molecular formula is C4H6Cl3F. The van der Waals surface area contributed by atoms with E-state index >= 15 is 0 Å². The van der Waals surface area contributed by atoms with E-state index in [9.17, 15) is 4.39 Å². The second kappa shape index (κ2) is 10.5. The lowest BCUT2D eigenvalue weighted by Crippen LogP contribution is -1.82. The Bertz CT molecular complexity index is 46.5. The molecule has 0 aromatic heterocycles. The van der Waals surface area contributed by atoms with Gasteiger partial charge >= 0.3 is 0 Å². The van der Waals surface area contributed by atoms with E-state index in [4.69, 9.17) is 34.8 Å². The van der Waals surface area contributed by atoms with Gasteiger partial charge in [0.1, 0.15) is 4.84 Å². The fourth-order valence-corrected chi connectivity index (χ4v) is 0. The zero-order valence-corrected chi connectivity index (χ0v) is 6.35. The molecule has 50 valence electrons. The molecule has 0 aliphatic carbocycles. The van der Waals surface area contributed by atoms with E-state index < -0.39 is 4.84 Å². The van der Waals surface area contributed by atoms with Crippen LogP contribution >= 0.6 is 34.8 Å². The highest BCUT2D eigenvalue weighted by Crippen LogP contribution is 2.01. The third-order valence-corrected chi connectivity index (χ3v) is 1.05. The maximum absolute atomic E-state index is 10.1. The van der Waals surface area contributed by atoms with Crippen LogP contribution in [0.5, 0.6) is 0 Å². The van der Waals surface area contributed by atoms with Crippen molar-refractivity contribution < 1.29 is 4.39 Å². The predicted molar refractivity (Wildman–Crippen MR) is 37.5 cm³/mol. The first-order valence-corrected chi connectivity index (χ1v) is 3.15. The molecule has 0 spiro atoms. The summed E-state index contributed by atoms with van der Waals surface area (Å²) in [6.07, 6.45) is 0.250. The quantitative estimate of drug-likeness (QED) is 0.543. The van der Waals surface area contributed by atoms with Gasteiger partial charge in [0.15, 0.2) is 0 Å². The number of halogens is 4. The van der Waals surface area contributed by atoms with Gasteiger partial charge < -0.3 is 0 Å². The minimum Gasteiger partial charge on any atom is -0.216 e. The molecule has 0 saturated heterocycles. The molecule has 0 bridgehead atoms. The summed E-state index contributed by atoms with van der Waals surface area (Å²) in [6, 6.07) is 0. The summed E-state index contributed by atoms with van der Waals surface area (Å²) in [6.45, 7) is 2.69. The van der Waals surface area contributed by atoms with E-state index in [2.05, 4.69) is 6.58 Å². The molecule has 0 rings (SSSR count). The highest BCUT2D eigenvalue weighted by molar-refractivity contribution is 6.47. The zero-order valence-electron chi connectivity index (χ0n) is 4.08. The maximum atomic E-state index is 10.1. The molecule has 0 heterocycles. The van der Waals surface area contributed by atoms with Crippen LogP contribution in [0.1, 0.15) is 0 Å². The largest absolute Gasteiger partial charge is 0.216 e. The maximum Gasteiger partial charge on any atom is 0.121 e. The third-order valence-electron chi connectivity index (χ3n) is 0.117. The van der Waals surface area contributed by atoms with Crippen molar-refractivity contribution in [3.05, 3.63) is 12.9 Å². The first-order chi connectivity index (χ1) is 3.68. The van der Waals surface area contributed by atoms with Crippen molar-refractivity contribution in [2.45, 2.75) is 4.84 Å². The Hall–Kier alpha value is 0.540. The molecule has 0 aliphatic heterocycles. The van der Waals surface area contributed by atoms with Gasteiger partial charge in [-0.2, -0.15) is 0 Å². The van der Waals surface area contributed by atoms with Crippen LogP contribution in [-0.4, -0.2) is 10.7 Å². The number of rotatable bonds is 1. The normalized spacial score (nSPS) is 7.62. The summed E-state index contributed by atoms with van der Waals surface area (Å²) >= 11 is 15.3. The van der Waals surface area contributed by atoms with Gasteiger partial charge in [0.05, 0.1) is 12.2 Å². The molecule has 0 aromatic rings. The summed E-state index contributed by atoms with van der Waals surface area (Å²) in [5.41, 5.74) is 0. The zero-order chi connectivity index (χ0) is 6.99. The van der Waals surface area contributed by atoms with Crippen molar-refractivity contribution in [3.8, 4) is 0 Å². The van der Waals surface area contributed by atoms with Crippen molar-refractivity contribution in [1.29, 1.82) is 0 Å². The summed E-state index contributed by atoms with van der Waals surface area (Å²) < 4.78 is 10.1. The average Bonchev–Trinajstić information content (AvgIpc) is 1.69. The van der Waals surface area contributed by atoms with Gasteiger partial charge in [-0.1, -0.05) is 6.58 Å². The van der Waals surface area contributed by atoms with Crippen LogP contribution in [0.4, 0.5) is 4.39 Å². The molecule has 8 heavy (non-hydrogen) atoms. The molecule has 0 fully saturated rings. The van der Waals surface area contributed by atoms with E-state index in [1.165, 1.54) is 0 Å². The summed E-state index contributed by atoms with van der Waals surface area (Å²) in [5.74, 6) is 0.309. The van der Waals surface area contributed by atoms with E-state index in [1.807, 2.05) is 0 Å². The van der Waals surface area contributed by atoms with Gasteiger partial charge in [0.25, 0.3) is 0 Å². The molecule has 0 amide bonds. The van der Waals surface area contributed by atoms with E-state index in [0.717, 1.165) is 0 Å². The number of hydrogen-bond donors (Lipinski definition) is 0. The summed E-state index contributed by atoms with van der Waals surface area (Å²) in [7, 11) is 0. The van der Waals surface area contributed by atoms with Gasteiger partial charge in [-0.3, -0.25) is 0 Å². The second-order valence-corrected chi connectivity index (χ2v) is 2.29. The topological polar surface area (TPSA) is 0 Å². The van der Waals surface area contributed by atoms with Crippen LogP contribution in [0.25, 0.3) is 0 Å². The number of hydrogen-bond acceptors (Lipinski definition) is 0. The minimum absolute atomic E-state index is 0.250. The lowest BCUT2D eigenvalue weighted by Gasteiger charge is -1.82. The van der Waals surface area contributed by atoms with Gasteiger partial charge in [0.2, 0.25) is 0 Å². The fourth-order valence-electron chi connectivity index (χ4n) is 0. The smallest absolute Gasteiger partial charge is 0.121 e. The lowest BCUT2D eigenvalue weighted by atomic mass is 10.9. The molecule has 0 N–H and O–H groups in total. The highest BCUT2D eigenvalue weighted by atomic mass is 35.5. The van der Waals surface area contributed by atoms with Crippen LogP contribution in [0.3, 0.4) is 0 Å². The second-order valence-electron chi connectivity index (χ2n) is 0.700. The standard InChI is InChI=1S/C2H3Cl3.C2H3F/c3-1-2(4)5;1-2-3/h2H,1H2;2H,1H2. The Morgan fingerprint density at radius 1 is 1.62 bits per heavy atom. The molecule has 0 radical (unpaired) electrons. The Balaban J connectivity index is 0. The Kier molecular flexibility index (Phi) is 14.9. The predicted octanol–water partition coefficient (Wildman–Crippen LogP) is 3.13. The van der Waals surface area contributed by atoms with E-state index in [-0.39, 0.29) is 6.33 Å². The van der Waals surface area contributed by atoms with Crippen LogP contribution in [0.2, 0.25) is 0 Å². The molecule has 4 heteroatoms. The van der Waals surface area contributed by atoms with E-state index in [1.54, 1.807) is 0 Å². The minimum atomic E-state index is -0.406. The Morgan fingerprint density at radius 3 is 1.75 bits per heavy atom. The third kappa shape index (κ3) is 31.1. The van der Waals surface area contributed by atoms with Crippen LogP contribution < -0.4 is 0 Å². The lowest BCUT2D eigenvalue weighted by molar-refractivity contribution is 0.725. The highest BCUT2D eigenvalue weighted by Gasteiger charge is 1.88. The first-order valence-electron chi connectivity index (χ1n) is 1.74. The molecule has 0 aromatic carbocycles. The molecule has 0 atom stereocenters. The van der Waals surface area contributed by atoms with Crippen LogP contribution in [0, 0.1) is 0 Å². The van der Waals surface area contributed by atoms with Crippen molar-refractivity contribution in [2.75, 3.05) is 5.88 Å². The Morgan fingerprint density at radius 2 is 1.75 bits per heavy atom. The van der Waals surface area contributed by atoms with Gasteiger partial charge in [-0.15, -0.1) is 34.8 Å². The van der Waals surface area contributed by atoms with Crippen molar-refractivity contribution in [1.82, 2.24) is 0 Å². The molecule has 0 aliphatic rings. The van der Waals surface area contributed by atoms with Crippen molar-refractivity contribution in [2.24, 2.45) is 0 Å². The van der Waals surface area contributed by atoms with Crippen molar-refractivity contribution >= 4 is 34.8 Å². The fraction of sp³-hybridized carbons (Fsp3) is 0.500. The first kappa shape index (κ1) is 11.4.